The van der Waals surface area contributed by atoms with Crippen molar-refractivity contribution < 1.29 is 23.9 Å². The predicted octanol–water partition coefficient (Wildman–Crippen LogP) is 3.53. The van der Waals surface area contributed by atoms with Crippen LogP contribution in [0.1, 0.15) is 54.3 Å². The number of fused-ring (bicyclic) bond motifs is 2. The molecule has 0 N–H and O–H groups in total. The monoisotopic (exact) mass is 478 g/mol. The molecule has 3 aliphatic heterocycles. The second-order valence-corrected chi connectivity index (χ2v) is 11.1. The molecule has 0 unspecified atom stereocenters. The van der Waals surface area contributed by atoms with Crippen LogP contribution in [0.25, 0.3) is 0 Å². The standard InChI is InChI=1S/C26H26N2O5S/c1-26(2,3)33-25(32)21-19(34-15-9-5-4-6-10-15)14-13-18-20(24(31)27(18)21)28-22(29)16-11-7-8-12-17(16)23(28)30/h4-12,18-21H,13-14H2,1-3H3/t18-,19-,20+,21-/m1/s1. The zero-order chi connectivity index (χ0) is 24.2. The molecule has 2 aromatic carbocycles. The number of carbonyl (C=O) groups excluding carboxylic acids is 4. The highest BCUT2D eigenvalue weighted by Gasteiger charge is 2.62. The molecule has 0 saturated carbocycles. The molecule has 4 atom stereocenters. The first-order valence-corrected chi connectivity index (χ1v) is 12.3. The van der Waals surface area contributed by atoms with Gasteiger partial charge in [-0.15, -0.1) is 11.8 Å². The largest absolute Gasteiger partial charge is 0.458 e. The van der Waals surface area contributed by atoms with Crippen LogP contribution in [0.3, 0.4) is 0 Å². The molecule has 2 saturated heterocycles. The maximum atomic E-state index is 13.5. The van der Waals surface area contributed by atoms with Crippen LogP contribution in [-0.2, 0) is 14.3 Å². The van der Waals surface area contributed by atoms with Gasteiger partial charge < -0.3 is 9.64 Å². The smallest absolute Gasteiger partial charge is 0.330 e. The van der Waals surface area contributed by atoms with Crippen molar-refractivity contribution in [2.24, 2.45) is 0 Å². The number of carbonyl (C=O) groups is 4. The number of β-lactam (4-membered cyclic amide) rings is 1. The summed E-state index contributed by atoms with van der Waals surface area (Å²) in [7, 11) is 0. The zero-order valence-corrected chi connectivity index (χ0v) is 20.1. The first-order chi connectivity index (χ1) is 16.2. The predicted molar refractivity (Wildman–Crippen MR) is 126 cm³/mol. The molecule has 0 bridgehead atoms. The molecule has 176 valence electrons. The minimum Gasteiger partial charge on any atom is -0.458 e. The lowest BCUT2D eigenvalue weighted by Crippen LogP contribution is -2.77. The number of hydrogen-bond acceptors (Lipinski definition) is 6. The van der Waals surface area contributed by atoms with Crippen LogP contribution in [0.15, 0.2) is 59.5 Å². The topological polar surface area (TPSA) is 84.0 Å². The van der Waals surface area contributed by atoms with Gasteiger partial charge in [0, 0.05) is 10.1 Å². The molecule has 7 nitrogen and oxygen atoms in total. The number of benzene rings is 2. The van der Waals surface area contributed by atoms with Gasteiger partial charge in [0.05, 0.1) is 17.2 Å². The first-order valence-electron chi connectivity index (χ1n) is 11.4. The van der Waals surface area contributed by atoms with Gasteiger partial charge in [-0.25, -0.2) is 4.79 Å². The first kappa shape index (κ1) is 22.7. The number of rotatable bonds is 4. The Labute approximate surface area is 202 Å². The van der Waals surface area contributed by atoms with E-state index in [1.807, 2.05) is 30.3 Å². The van der Waals surface area contributed by atoms with Crippen molar-refractivity contribution in [3.05, 3.63) is 65.7 Å². The molecule has 34 heavy (non-hydrogen) atoms. The van der Waals surface area contributed by atoms with Crippen molar-refractivity contribution >= 4 is 35.5 Å². The Bertz CT molecular complexity index is 1140. The minimum absolute atomic E-state index is 0.194. The minimum atomic E-state index is -0.889. The fourth-order valence-electron chi connectivity index (χ4n) is 5.03. The van der Waals surface area contributed by atoms with Crippen LogP contribution in [0.5, 0.6) is 0 Å². The zero-order valence-electron chi connectivity index (χ0n) is 19.3. The molecule has 3 heterocycles. The van der Waals surface area contributed by atoms with Crippen molar-refractivity contribution in [2.75, 3.05) is 0 Å². The maximum absolute atomic E-state index is 13.5. The van der Waals surface area contributed by atoms with Crippen molar-refractivity contribution in [1.29, 1.82) is 0 Å². The summed E-state index contributed by atoms with van der Waals surface area (Å²) >= 11 is 1.55. The quantitative estimate of drug-likeness (QED) is 0.380. The molecule has 5 rings (SSSR count). The third-order valence-corrected chi connectivity index (χ3v) is 7.75. The van der Waals surface area contributed by atoms with E-state index in [1.165, 1.54) is 0 Å². The molecule has 0 radical (unpaired) electrons. The van der Waals surface area contributed by atoms with E-state index in [-0.39, 0.29) is 11.2 Å². The number of nitrogens with zero attached hydrogens (tertiary/aromatic N) is 2. The lowest BCUT2D eigenvalue weighted by atomic mass is 9.81. The van der Waals surface area contributed by atoms with E-state index in [0.717, 1.165) is 9.80 Å². The number of thioether (sulfide) groups is 1. The Morgan fingerprint density at radius 3 is 2.09 bits per heavy atom. The Balaban J connectivity index is 1.43. The lowest BCUT2D eigenvalue weighted by molar-refractivity contribution is -0.181. The summed E-state index contributed by atoms with van der Waals surface area (Å²) in [5.74, 6) is -1.74. The van der Waals surface area contributed by atoms with Gasteiger partial charge in [0.25, 0.3) is 11.8 Å². The van der Waals surface area contributed by atoms with Gasteiger partial charge in [-0.1, -0.05) is 30.3 Å². The van der Waals surface area contributed by atoms with Crippen LogP contribution in [0, 0.1) is 0 Å². The molecule has 0 aliphatic carbocycles. The molecule has 0 aromatic heterocycles. The van der Waals surface area contributed by atoms with E-state index in [9.17, 15) is 19.2 Å². The van der Waals surface area contributed by atoms with Gasteiger partial charge in [0.1, 0.15) is 17.7 Å². The van der Waals surface area contributed by atoms with E-state index >= 15 is 0 Å². The molecule has 3 aliphatic rings. The van der Waals surface area contributed by atoms with Crippen molar-refractivity contribution in [3.8, 4) is 0 Å². The maximum Gasteiger partial charge on any atom is 0.330 e. The molecule has 3 amide bonds. The fourth-order valence-corrected chi connectivity index (χ4v) is 6.32. The van der Waals surface area contributed by atoms with Gasteiger partial charge in [0.2, 0.25) is 5.91 Å². The summed E-state index contributed by atoms with van der Waals surface area (Å²) in [5, 5.41) is -0.194. The summed E-state index contributed by atoms with van der Waals surface area (Å²) in [6, 6.07) is 14.3. The van der Waals surface area contributed by atoms with Gasteiger partial charge in [-0.05, 0) is 57.9 Å². The molecular formula is C26H26N2O5S. The van der Waals surface area contributed by atoms with E-state index in [2.05, 4.69) is 0 Å². The van der Waals surface area contributed by atoms with E-state index in [0.29, 0.717) is 24.0 Å². The average Bonchev–Trinajstić information content (AvgIpc) is 3.04. The molecule has 8 heteroatoms. The normalized spacial score (nSPS) is 26.1. The molecule has 0 spiro atoms. The SMILES string of the molecule is CC(C)(C)OC(=O)[C@H]1[C@H](Sc2ccccc2)CC[C@@H]2[C@H](N3C(=O)c4ccccc4C3=O)C(=O)N21. The van der Waals surface area contributed by atoms with Gasteiger partial charge in [-0.3, -0.25) is 19.3 Å². The third-order valence-electron chi connectivity index (χ3n) is 6.41. The second-order valence-electron chi connectivity index (χ2n) is 9.81. The van der Waals surface area contributed by atoms with Gasteiger partial charge >= 0.3 is 5.97 Å². The van der Waals surface area contributed by atoms with Crippen molar-refractivity contribution in [2.45, 2.75) is 67.5 Å². The average molecular weight is 479 g/mol. The number of esters is 1. The van der Waals surface area contributed by atoms with Crippen LogP contribution >= 0.6 is 11.8 Å². The number of imide groups is 1. The molecule has 2 fully saturated rings. The van der Waals surface area contributed by atoms with Crippen molar-refractivity contribution in [3.63, 3.8) is 0 Å². The summed E-state index contributed by atoms with van der Waals surface area (Å²) in [6.07, 6.45) is 1.24. The van der Waals surface area contributed by atoms with E-state index in [4.69, 9.17) is 4.74 Å². The molecule has 2 aromatic rings. The summed E-state index contributed by atoms with van der Waals surface area (Å²) in [4.78, 5) is 56.4. The summed E-state index contributed by atoms with van der Waals surface area (Å²) in [6.45, 7) is 5.39. The highest BCUT2D eigenvalue weighted by atomic mass is 32.2. The highest BCUT2D eigenvalue weighted by Crippen LogP contribution is 2.44. The van der Waals surface area contributed by atoms with Crippen LogP contribution in [-0.4, -0.2) is 62.5 Å². The number of ether oxygens (including phenoxy) is 1. The van der Waals surface area contributed by atoms with Gasteiger partial charge in [0.15, 0.2) is 0 Å². The van der Waals surface area contributed by atoms with Crippen LogP contribution in [0.4, 0.5) is 0 Å². The Kier molecular flexibility index (Phi) is 5.51. The van der Waals surface area contributed by atoms with Crippen LogP contribution < -0.4 is 0 Å². The third kappa shape index (κ3) is 3.70. The highest BCUT2D eigenvalue weighted by molar-refractivity contribution is 8.00. The number of amides is 3. The fraction of sp³-hybridized carbons (Fsp3) is 0.385. The lowest BCUT2D eigenvalue weighted by Gasteiger charge is -2.56. The summed E-state index contributed by atoms with van der Waals surface area (Å²) in [5.41, 5.74) is -0.0755. The Morgan fingerprint density at radius 1 is 0.912 bits per heavy atom. The van der Waals surface area contributed by atoms with E-state index < -0.39 is 41.5 Å². The second kappa shape index (κ2) is 8.27. The van der Waals surface area contributed by atoms with E-state index in [1.54, 1.807) is 61.7 Å². The van der Waals surface area contributed by atoms with Crippen molar-refractivity contribution in [1.82, 2.24) is 9.80 Å². The van der Waals surface area contributed by atoms with Gasteiger partial charge in [-0.2, -0.15) is 0 Å². The Morgan fingerprint density at radius 2 is 1.50 bits per heavy atom. The Hall–Kier alpha value is -3.13. The number of hydrogen-bond donors (Lipinski definition) is 0. The van der Waals surface area contributed by atoms with Crippen LogP contribution in [0.2, 0.25) is 0 Å². The molecular weight excluding hydrogens is 452 g/mol. The number of piperidine rings is 1. The summed E-state index contributed by atoms with van der Waals surface area (Å²) < 4.78 is 5.71.